The molecule has 0 heterocycles. The largest absolute Gasteiger partial charge is 0.616 e. The molecule has 0 amide bonds. The minimum absolute atomic E-state index is 0.136. The van der Waals surface area contributed by atoms with Crippen LogP contribution in [0.5, 0.6) is 0 Å². The van der Waals surface area contributed by atoms with Gasteiger partial charge in [-0.2, -0.15) is 0 Å². The van der Waals surface area contributed by atoms with E-state index in [4.69, 9.17) is 0 Å². The van der Waals surface area contributed by atoms with Gasteiger partial charge in [0.05, 0.1) is 0 Å². The first-order valence-corrected chi connectivity index (χ1v) is 8.05. The number of rotatable bonds is 5. The van der Waals surface area contributed by atoms with Crippen LogP contribution in [0.1, 0.15) is 52.7 Å². The van der Waals surface area contributed by atoms with Crippen LogP contribution >= 0.6 is 0 Å². The molecular formula is C16H26O2S. The van der Waals surface area contributed by atoms with Crippen molar-refractivity contribution in [2.75, 3.05) is 5.75 Å². The topological polar surface area (TPSA) is 43.3 Å². The van der Waals surface area contributed by atoms with E-state index in [9.17, 15) is 9.66 Å². The molecule has 0 bridgehead atoms. The maximum Gasteiger partial charge on any atom is 0.136 e. The Morgan fingerprint density at radius 2 is 1.63 bits per heavy atom. The quantitative estimate of drug-likeness (QED) is 0.837. The Morgan fingerprint density at radius 1 is 1.11 bits per heavy atom. The zero-order valence-electron chi connectivity index (χ0n) is 12.6. The van der Waals surface area contributed by atoms with Gasteiger partial charge < -0.3 is 9.66 Å². The molecule has 1 rings (SSSR count). The Labute approximate surface area is 120 Å². The predicted molar refractivity (Wildman–Crippen MR) is 82.6 cm³/mol. The number of aliphatic hydroxyl groups is 1. The third-order valence-corrected chi connectivity index (χ3v) is 5.06. The molecule has 0 aliphatic rings. The van der Waals surface area contributed by atoms with Crippen molar-refractivity contribution >= 4 is 11.2 Å². The van der Waals surface area contributed by atoms with Gasteiger partial charge in [0, 0.05) is 6.42 Å². The molecule has 2 nitrogen and oxygen atoms in total. The van der Waals surface area contributed by atoms with Gasteiger partial charge in [-0.3, -0.25) is 0 Å². The monoisotopic (exact) mass is 282 g/mol. The average molecular weight is 282 g/mol. The van der Waals surface area contributed by atoms with Crippen LogP contribution in [-0.4, -0.2) is 20.2 Å². The Morgan fingerprint density at radius 3 is 2.11 bits per heavy atom. The Bertz CT molecular complexity index is 381. The minimum atomic E-state index is -1.06. The molecule has 0 aromatic heterocycles. The van der Waals surface area contributed by atoms with E-state index in [0.29, 0.717) is 5.75 Å². The Kier molecular flexibility index (Phi) is 5.48. The van der Waals surface area contributed by atoms with Crippen LogP contribution in [0, 0.1) is 5.41 Å². The first-order valence-electron chi connectivity index (χ1n) is 6.73. The lowest BCUT2D eigenvalue weighted by molar-refractivity contribution is 0.200. The van der Waals surface area contributed by atoms with Gasteiger partial charge in [-0.15, -0.1) is 0 Å². The highest BCUT2D eigenvalue weighted by molar-refractivity contribution is 7.92. The van der Waals surface area contributed by atoms with Crippen LogP contribution in [0.3, 0.4) is 0 Å². The number of benzene rings is 1. The Hall–Kier alpha value is -0.510. The zero-order valence-corrected chi connectivity index (χ0v) is 13.5. The van der Waals surface area contributed by atoms with E-state index >= 15 is 0 Å². The SMILES string of the molecule is CC(C)(C)CC(C)(C)[S+]([O-])CC(O)c1ccccc1. The summed E-state index contributed by atoms with van der Waals surface area (Å²) in [7, 11) is 0. The van der Waals surface area contributed by atoms with Gasteiger partial charge in [-0.1, -0.05) is 51.1 Å². The summed E-state index contributed by atoms with van der Waals surface area (Å²) >= 11 is -1.06. The van der Waals surface area contributed by atoms with E-state index in [-0.39, 0.29) is 10.2 Å². The van der Waals surface area contributed by atoms with Gasteiger partial charge in [0.1, 0.15) is 16.6 Å². The molecule has 2 unspecified atom stereocenters. The normalized spacial score (nSPS) is 16.2. The summed E-state index contributed by atoms with van der Waals surface area (Å²) in [5.41, 5.74) is 0.971. The van der Waals surface area contributed by atoms with Gasteiger partial charge in [-0.25, -0.2) is 0 Å². The van der Waals surface area contributed by atoms with Crippen molar-refractivity contribution in [3.05, 3.63) is 35.9 Å². The average Bonchev–Trinajstić information content (AvgIpc) is 2.26. The third-order valence-electron chi connectivity index (χ3n) is 3.07. The lowest BCUT2D eigenvalue weighted by Crippen LogP contribution is -2.39. The molecule has 0 aliphatic carbocycles. The van der Waals surface area contributed by atoms with E-state index < -0.39 is 17.3 Å². The highest BCUT2D eigenvalue weighted by Gasteiger charge is 2.37. The summed E-state index contributed by atoms with van der Waals surface area (Å²) in [5, 5.41) is 10.2. The highest BCUT2D eigenvalue weighted by Crippen LogP contribution is 2.34. The molecule has 1 aromatic carbocycles. The summed E-state index contributed by atoms with van der Waals surface area (Å²) in [5.74, 6) is 0.299. The lowest BCUT2D eigenvalue weighted by atomic mass is 9.86. The van der Waals surface area contributed by atoms with Crippen LogP contribution in [0.15, 0.2) is 30.3 Å². The molecule has 0 spiro atoms. The minimum Gasteiger partial charge on any atom is -0.616 e. The molecule has 19 heavy (non-hydrogen) atoms. The number of hydrogen-bond donors (Lipinski definition) is 1. The fourth-order valence-corrected chi connectivity index (χ4v) is 4.02. The van der Waals surface area contributed by atoms with Crippen LogP contribution < -0.4 is 0 Å². The first-order chi connectivity index (χ1) is 8.62. The van der Waals surface area contributed by atoms with Gasteiger partial charge in [-0.05, 0) is 36.0 Å². The molecule has 0 aliphatic heterocycles. The molecule has 0 radical (unpaired) electrons. The molecule has 2 atom stereocenters. The van der Waals surface area contributed by atoms with Crippen molar-refractivity contribution in [1.82, 2.24) is 0 Å². The molecule has 108 valence electrons. The van der Waals surface area contributed by atoms with E-state index in [1.165, 1.54) is 0 Å². The summed E-state index contributed by atoms with van der Waals surface area (Å²) in [6, 6.07) is 9.44. The van der Waals surface area contributed by atoms with Gasteiger partial charge in [0.15, 0.2) is 0 Å². The van der Waals surface area contributed by atoms with Crippen LogP contribution in [-0.2, 0) is 11.2 Å². The van der Waals surface area contributed by atoms with Crippen molar-refractivity contribution in [2.45, 2.75) is 51.9 Å². The summed E-state index contributed by atoms with van der Waals surface area (Å²) in [4.78, 5) is 0. The van der Waals surface area contributed by atoms with Crippen molar-refractivity contribution in [3.8, 4) is 0 Å². The molecule has 0 saturated heterocycles. The molecule has 1 N–H and O–H groups in total. The second-order valence-corrected chi connectivity index (χ2v) is 9.07. The molecule has 0 fully saturated rings. The highest BCUT2D eigenvalue weighted by atomic mass is 32.2. The second-order valence-electron chi connectivity index (χ2n) is 6.94. The van der Waals surface area contributed by atoms with Crippen molar-refractivity contribution < 1.29 is 9.66 Å². The molecular weight excluding hydrogens is 256 g/mol. The van der Waals surface area contributed by atoms with Crippen LogP contribution in [0.25, 0.3) is 0 Å². The van der Waals surface area contributed by atoms with Gasteiger partial charge in [0.2, 0.25) is 0 Å². The predicted octanol–water partition coefficient (Wildman–Crippen LogP) is 3.68. The van der Waals surface area contributed by atoms with Crippen LogP contribution in [0.2, 0.25) is 0 Å². The molecule has 3 heteroatoms. The standard InChI is InChI=1S/C16H26O2S/c1-15(2,3)12-16(4,5)19(18)11-14(17)13-9-7-6-8-10-13/h6-10,14,17H,11-12H2,1-5H3. The van der Waals surface area contributed by atoms with Crippen molar-refractivity contribution in [3.63, 3.8) is 0 Å². The summed E-state index contributed by atoms with van der Waals surface area (Å²) < 4.78 is 12.2. The summed E-state index contributed by atoms with van der Waals surface area (Å²) in [6.45, 7) is 10.5. The first kappa shape index (κ1) is 16.5. The number of aliphatic hydroxyl groups excluding tert-OH is 1. The smallest absolute Gasteiger partial charge is 0.136 e. The molecule has 0 saturated carbocycles. The maximum atomic E-state index is 12.5. The van der Waals surface area contributed by atoms with E-state index in [1.807, 2.05) is 44.2 Å². The van der Waals surface area contributed by atoms with E-state index in [2.05, 4.69) is 20.8 Å². The number of hydrogen-bond acceptors (Lipinski definition) is 2. The fraction of sp³-hybridized carbons (Fsp3) is 0.625. The summed E-state index contributed by atoms with van der Waals surface area (Å²) in [6.07, 6.45) is 0.218. The van der Waals surface area contributed by atoms with E-state index in [1.54, 1.807) is 0 Å². The third kappa shape index (κ3) is 5.55. The van der Waals surface area contributed by atoms with Crippen molar-refractivity contribution in [2.24, 2.45) is 5.41 Å². The Balaban J connectivity index is 2.66. The maximum absolute atomic E-state index is 12.5. The molecule has 1 aromatic rings. The fourth-order valence-electron chi connectivity index (χ4n) is 2.50. The second kappa shape index (κ2) is 6.29. The zero-order chi connectivity index (χ0) is 14.7. The van der Waals surface area contributed by atoms with Gasteiger partial charge >= 0.3 is 0 Å². The van der Waals surface area contributed by atoms with E-state index in [0.717, 1.165) is 12.0 Å². The lowest BCUT2D eigenvalue weighted by Gasteiger charge is -2.35. The van der Waals surface area contributed by atoms with Crippen LogP contribution in [0.4, 0.5) is 0 Å². The van der Waals surface area contributed by atoms with Gasteiger partial charge in [0.25, 0.3) is 0 Å². The van der Waals surface area contributed by atoms with Crippen molar-refractivity contribution in [1.29, 1.82) is 0 Å².